The van der Waals surface area contributed by atoms with E-state index >= 15 is 0 Å². The number of sulfonamides is 1. The van der Waals surface area contributed by atoms with Gasteiger partial charge in [-0.15, -0.1) is 11.8 Å². The van der Waals surface area contributed by atoms with E-state index in [1.54, 1.807) is 61.5 Å². The zero-order valence-corrected chi connectivity index (χ0v) is 28.7. The van der Waals surface area contributed by atoms with Crippen LogP contribution in [0.25, 0.3) is 0 Å². The minimum Gasteiger partial charge on any atom is -0.494 e. The molecule has 0 aliphatic carbocycles. The van der Waals surface area contributed by atoms with Gasteiger partial charge in [-0.2, -0.15) is 0 Å². The van der Waals surface area contributed by atoms with Crippen molar-refractivity contribution in [1.82, 2.24) is 10.2 Å². The topological polar surface area (TPSA) is 96.0 Å². The third kappa shape index (κ3) is 8.84. The summed E-state index contributed by atoms with van der Waals surface area (Å²) in [7, 11) is -4.21. The molecule has 44 heavy (non-hydrogen) atoms. The Morgan fingerprint density at radius 3 is 2.07 bits per heavy atom. The summed E-state index contributed by atoms with van der Waals surface area (Å²) >= 11 is 14.5. The summed E-state index contributed by atoms with van der Waals surface area (Å²) in [5.41, 5.74) is 0.727. The van der Waals surface area contributed by atoms with Gasteiger partial charge >= 0.3 is 0 Å². The van der Waals surface area contributed by atoms with E-state index in [4.69, 9.17) is 27.9 Å². The number of anilines is 1. The maximum Gasteiger partial charge on any atom is 0.264 e. The van der Waals surface area contributed by atoms with E-state index in [9.17, 15) is 18.0 Å². The lowest BCUT2D eigenvalue weighted by Gasteiger charge is -2.34. The molecule has 1 N–H and O–H groups in total. The molecule has 0 unspecified atom stereocenters. The van der Waals surface area contributed by atoms with E-state index in [1.807, 2.05) is 27.0 Å². The second-order valence-corrected chi connectivity index (χ2v) is 13.6. The van der Waals surface area contributed by atoms with E-state index in [1.165, 1.54) is 28.8 Å². The van der Waals surface area contributed by atoms with E-state index < -0.39 is 28.5 Å². The number of benzene rings is 3. The number of carbonyl (C=O) groups excluding carboxylic acids is 2. The molecule has 3 aromatic rings. The van der Waals surface area contributed by atoms with Gasteiger partial charge in [0.1, 0.15) is 18.3 Å². The van der Waals surface area contributed by atoms with Crippen LogP contribution < -0.4 is 14.4 Å². The van der Waals surface area contributed by atoms with Gasteiger partial charge in [0.15, 0.2) is 0 Å². The first-order chi connectivity index (χ1) is 21.0. The van der Waals surface area contributed by atoms with Gasteiger partial charge in [-0.05, 0) is 93.6 Å². The molecule has 3 rings (SSSR count). The molecule has 0 spiro atoms. The largest absolute Gasteiger partial charge is 0.494 e. The lowest BCUT2D eigenvalue weighted by Crippen LogP contribution is -2.53. The molecule has 0 saturated carbocycles. The van der Waals surface area contributed by atoms with Gasteiger partial charge in [-0.1, -0.05) is 43.1 Å². The second kappa shape index (κ2) is 16.4. The van der Waals surface area contributed by atoms with Crippen molar-refractivity contribution in [2.45, 2.75) is 69.0 Å². The van der Waals surface area contributed by atoms with E-state index in [0.29, 0.717) is 34.4 Å². The van der Waals surface area contributed by atoms with Gasteiger partial charge in [0, 0.05) is 33.1 Å². The molecule has 3 aromatic carbocycles. The van der Waals surface area contributed by atoms with Crippen LogP contribution >= 0.6 is 35.0 Å². The van der Waals surface area contributed by atoms with Crippen LogP contribution in [0.5, 0.6) is 5.75 Å². The van der Waals surface area contributed by atoms with Crippen LogP contribution in [-0.2, 0) is 26.2 Å². The quantitative estimate of drug-likeness (QED) is 0.173. The number of amides is 2. The number of hydrogen-bond donors (Lipinski definition) is 1. The van der Waals surface area contributed by atoms with Crippen molar-refractivity contribution in [1.29, 1.82) is 0 Å². The Labute approximate surface area is 275 Å². The fourth-order valence-electron chi connectivity index (χ4n) is 4.49. The highest BCUT2D eigenvalue weighted by molar-refractivity contribution is 7.98. The molecule has 0 saturated heterocycles. The summed E-state index contributed by atoms with van der Waals surface area (Å²) in [4.78, 5) is 30.0. The third-order valence-electron chi connectivity index (χ3n) is 7.14. The fourth-order valence-corrected chi connectivity index (χ4v) is 6.83. The Morgan fingerprint density at radius 2 is 1.55 bits per heavy atom. The normalized spacial score (nSPS) is 12.7. The van der Waals surface area contributed by atoms with Crippen molar-refractivity contribution < 1.29 is 22.7 Å². The van der Waals surface area contributed by atoms with Crippen LogP contribution in [-0.4, -0.2) is 56.6 Å². The van der Waals surface area contributed by atoms with Crippen LogP contribution in [0.2, 0.25) is 10.0 Å². The molecule has 12 heteroatoms. The third-order valence-corrected chi connectivity index (χ3v) is 10.4. The molecule has 2 atom stereocenters. The Morgan fingerprint density at radius 1 is 0.932 bits per heavy atom. The highest BCUT2D eigenvalue weighted by atomic mass is 35.5. The smallest absolute Gasteiger partial charge is 0.264 e. The van der Waals surface area contributed by atoms with Crippen molar-refractivity contribution in [3.63, 3.8) is 0 Å². The molecule has 0 aromatic heterocycles. The van der Waals surface area contributed by atoms with Crippen molar-refractivity contribution >= 4 is 62.5 Å². The summed E-state index contributed by atoms with van der Waals surface area (Å²) in [5, 5.41) is 3.62. The van der Waals surface area contributed by atoms with Crippen molar-refractivity contribution in [3.8, 4) is 5.75 Å². The van der Waals surface area contributed by atoms with Gasteiger partial charge in [0.05, 0.1) is 17.2 Å². The minimum atomic E-state index is -4.21. The number of hydrogen-bond acceptors (Lipinski definition) is 6. The van der Waals surface area contributed by atoms with Crippen LogP contribution in [0.4, 0.5) is 5.69 Å². The van der Waals surface area contributed by atoms with Crippen molar-refractivity contribution in [2.24, 2.45) is 0 Å². The summed E-state index contributed by atoms with van der Waals surface area (Å²) in [6.45, 7) is 7.25. The Hall–Kier alpha value is -2.92. The first-order valence-electron chi connectivity index (χ1n) is 14.4. The van der Waals surface area contributed by atoms with Crippen LogP contribution in [0.1, 0.15) is 46.1 Å². The van der Waals surface area contributed by atoms with Gasteiger partial charge < -0.3 is 15.0 Å². The molecule has 0 heterocycles. The maximum atomic E-state index is 14.3. The number of rotatable bonds is 15. The minimum absolute atomic E-state index is 0.0271. The molecule has 2 amide bonds. The Kier molecular flexibility index (Phi) is 13.3. The second-order valence-electron chi connectivity index (χ2n) is 10.1. The van der Waals surface area contributed by atoms with Gasteiger partial charge in [0.25, 0.3) is 10.0 Å². The average Bonchev–Trinajstić information content (AvgIpc) is 3.01. The number of halogens is 2. The van der Waals surface area contributed by atoms with Crippen LogP contribution in [0, 0.1) is 0 Å². The van der Waals surface area contributed by atoms with E-state index in [-0.39, 0.29) is 35.5 Å². The predicted octanol–water partition coefficient (Wildman–Crippen LogP) is 7.03. The number of nitrogens with one attached hydrogen (secondary N) is 1. The number of nitrogens with zero attached hydrogens (tertiary/aromatic N) is 2. The zero-order chi connectivity index (χ0) is 32.4. The molecule has 0 fully saturated rings. The van der Waals surface area contributed by atoms with Gasteiger partial charge in [-0.3, -0.25) is 13.9 Å². The highest BCUT2D eigenvalue weighted by Crippen LogP contribution is 2.30. The Balaban J connectivity index is 2.11. The first-order valence-corrected chi connectivity index (χ1v) is 17.8. The maximum absolute atomic E-state index is 14.3. The summed E-state index contributed by atoms with van der Waals surface area (Å²) in [6, 6.07) is 16.9. The number of ether oxygens (including phenoxy) is 1. The monoisotopic (exact) mass is 679 g/mol. The SMILES string of the molecule is CCOc1ccc(N(CC(=O)N(Cc2c(Cl)cccc2Cl)[C@H](CC)C(=O)N[C@H](C)CC)S(=O)(=O)c2ccc(SC)cc2)cc1. The lowest BCUT2D eigenvalue weighted by atomic mass is 10.1. The zero-order valence-electron chi connectivity index (χ0n) is 25.5. The van der Waals surface area contributed by atoms with E-state index in [0.717, 1.165) is 9.20 Å². The van der Waals surface area contributed by atoms with Gasteiger partial charge in [-0.25, -0.2) is 8.42 Å². The van der Waals surface area contributed by atoms with Crippen molar-refractivity contribution in [3.05, 3.63) is 82.3 Å². The Bertz CT molecular complexity index is 1500. The first kappa shape index (κ1) is 35.6. The molecule has 0 bridgehead atoms. The van der Waals surface area contributed by atoms with Gasteiger partial charge in [0.2, 0.25) is 11.8 Å². The van der Waals surface area contributed by atoms with Crippen LogP contribution in [0.15, 0.2) is 76.5 Å². The number of thioether (sulfide) groups is 1. The molecule has 0 radical (unpaired) electrons. The van der Waals surface area contributed by atoms with E-state index in [2.05, 4.69) is 5.32 Å². The van der Waals surface area contributed by atoms with Crippen LogP contribution in [0.3, 0.4) is 0 Å². The number of carbonyl (C=O) groups is 2. The predicted molar refractivity (Wildman–Crippen MR) is 179 cm³/mol. The molecule has 0 aliphatic heterocycles. The molecule has 0 aliphatic rings. The standard InChI is InChI=1S/C32H39Cl2N3O5S2/c1-6-22(4)35-32(39)30(7-2)36(20-27-28(33)10-9-11-29(27)34)31(38)21-37(23-12-14-24(15-13-23)42-8-3)44(40,41)26-18-16-25(43-5)17-19-26/h9-19,22,30H,6-8,20-21H2,1-5H3,(H,35,39)/t22-,30-/m1/s1. The average molecular weight is 681 g/mol. The van der Waals surface area contributed by atoms with Crippen molar-refractivity contribution in [2.75, 3.05) is 23.7 Å². The summed E-state index contributed by atoms with van der Waals surface area (Å²) < 4.78 is 34.8. The molecule has 238 valence electrons. The summed E-state index contributed by atoms with van der Waals surface area (Å²) in [5.74, 6) is -0.376. The summed E-state index contributed by atoms with van der Waals surface area (Å²) in [6.07, 6.45) is 2.88. The lowest BCUT2D eigenvalue weighted by molar-refractivity contribution is -0.140. The molecular weight excluding hydrogens is 641 g/mol. The highest BCUT2D eigenvalue weighted by Gasteiger charge is 2.34. The molecular formula is C32H39Cl2N3O5S2. The fraction of sp³-hybridized carbons (Fsp3) is 0.375. The molecule has 8 nitrogen and oxygen atoms in total.